The molecule has 0 aliphatic heterocycles. The summed E-state index contributed by atoms with van der Waals surface area (Å²) in [6.45, 7) is 4.67. The van der Waals surface area contributed by atoms with Crippen LogP contribution in [0.4, 0.5) is 0 Å². The quantitative estimate of drug-likeness (QED) is 0.608. The highest BCUT2D eigenvalue weighted by atomic mass is 16.4. The van der Waals surface area contributed by atoms with Crippen LogP contribution in [0, 0.1) is 23.7 Å². The van der Waals surface area contributed by atoms with E-state index in [-0.39, 0.29) is 24.3 Å². The van der Waals surface area contributed by atoms with E-state index in [1.54, 1.807) is 0 Å². The minimum atomic E-state index is -0.863. The number of rotatable bonds is 7. The van der Waals surface area contributed by atoms with Crippen molar-refractivity contribution in [3.05, 3.63) is 0 Å². The lowest BCUT2D eigenvalue weighted by atomic mass is 9.95. The van der Waals surface area contributed by atoms with Gasteiger partial charge in [-0.15, -0.1) is 0 Å². The van der Waals surface area contributed by atoms with Crippen molar-refractivity contribution >= 4 is 11.9 Å². The van der Waals surface area contributed by atoms with Gasteiger partial charge in [-0.25, -0.2) is 0 Å². The Hall–Kier alpha value is -1.10. The molecule has 0 aromatic heterocycles. The van der Waals surface area contributed by atoms with Crippen LogP contribution < -0.4 is 5.32 Å². The molecule has 4 atom stereocenters. The highest BCUT2D eigenvalue weighted by molar-refractivity contribution is 5.85. The number of aliphatic carboxylic acids is 1. The Morgan fingerprint density at radius 3 is 2.53 bits per heavy atom. The van der Waals surface area contributed by atoms with Gasteiger partial charge in [-0.2, -0.15) is 0 Å². The molecular formula is C14H25NO4. The van der Waals surface area contributed by atoms with Crippen molar-refractivity contribution < 1.29 is 19.8 Å². The number of hydrogen-bond acceptors (Lipinski definition) is 3. The Labute approximate surface area is 114 Å². The van der Waals surface area contributed by atoms with E-state index in [0.29, 0.717) is 25.3 Å². The van der Waals surface area contributed by atoms with Gasteiger partial charge in [0.15, 0.2) is 0 Å². The topological polar surface area (TPSA) is 86.6 Å². The van der Waals surface area contributed by atoms with Crippen LogP contribution in [0.2, 0.25) is 0 Å². The Morgan fingerprint density at radius 1 is 1.32 bits per heavy atom. The summed E-state index contributed by atoms with van der Waals surface area (Å²) >= 11 is 0. The molecule has 1 aliphatic carbocycles. The summed E-state index contributed by atoms with van der Waals surface area (Å²) in [4.78, 5) is 23.1. The van der Waals surface area contributed by atoms with Crippen molar-refractivity contribution in [2.24, 2.45) is 23.7 Å². The molecule has 1 saturated carbocycles. The van der Waals surface area contributed by atoms with Crippen molar-refractivity contribution in [1.82, 2.24) is 5.32 Å². The van der Waals surface area contributed by atoms with Gasteiger partial charge < -0.3 is 15.5 Å². The van der Waals surface area contributed by atoms with Crippen LogP contribution in [0.3, 0.4) is 0 Å². The Morgan fingerprint density at radius 2 is 1.95 bits per heavy atom. The van der Waals surface area contributed by atoms with Crippen LogP contribution in [-0.2, 0) is 9.59 Å². The summed E-state index contributed by atoms with van der Waals surface area (Å²) in [5, 5.41) is 20.8. The fourth-order valence-corrected chi connectivity index (χ4v) is 2.74. The average molecular weight is 271 g/mol. The van der Waals surface area contributed by atoms with Crippen LogP contribution in [0.15, 0.2) is 0 Å². The minimum Gasteiger partial charge on any atom is -0.481 e. The maximum absolute atomic E-state index is 12.0. The maximum Gasteiger partial charge on any atom is 0.307 e. The van der Waals surface area contributed by atoms with Gasteiger partial charge in [0.2, 0.25) is 5.91 Å². The Bertz CT molecular complexity index is 319. The third-order valence-corrected chi connectivity index (χ3v) is 3.94. The van der Waals surface area contributed by atoms with E-state index >= 15 is 0 Å². The first-order valence-corrected chi connectivity index (χ1v) is 7.07. The first-order valence-electron chi connectivity index (χ1n) is 7.07. The second kappa shape index (κ2) is 7.48. The molecule has 1 fully saturated rings. The van der Waals surface area contributed by atoms with Crippen molar-refractivity contribution in [1.29, 1.82) is 0 Å². The molecule has 19 heavy (non-hydrogen) atoms. The fraction of sp³-hybridized carbons (Fsp3) is 0.857. The number of aliphatic hydroxyl groups is 1. The highest BCUT2D eigenvalue weighted by Crippen LogP contribution is 2.36. The summed E-state index contributed by atoms with van der Waals surface area (Å²) in [5.41, 5.74) is 0. The van der Waals surface area contributed by atoms with Crippen molar-refractivity contribution in [2.45, 2.75) is 39.5 Å². The molecule has 110 valence electrons. The third-order valence-electron chi connectivity index (χ3n) is 3.94. The number of carboxylic acids is 1. The molecule has 0 radical (unpaired) electrons. The predicted octanol–water partition coefficient (Wildman–Crippen LogP) is 1.26. The van der Waals surface area contributed by atoms with Gasteiger partial charge in [-0.05, 0) is 37.5 Å². The number of carbonyl (C=O) groups is 2. The van der Waals surface area contributed by atoms with Gasteiger partial charge in [0.25, 0.3) is 0 Å². The lowest BCUT2D eigenvalue weighted by Gasteiger charge is -2.16. The molecule has 0 spiro atoms. The largest absolute Gasteiger partial charge is 0.481 e. The maximum atomic E-state index is 12.0. The molecule has 3 N–H and O–H groups in total. The molecule has 1 aliphatic rings. The summed E-state index contributed by atoms with van der Waals surface area (Å²) in [7, 11) is 0. The summed E-state index contributed by atoms with van der Waals surface area (Å²) in [6, 6.07) is 0. The molecule has 5 nitrogen and oxygen atoms in total. The predicted molar refractivity (Wildman–Crippen MR) is 71.5 cm³/mol. The molecule has 0 aromatic carbocycles. The monoisotopic (exact) mass is 271 g/mol. The zero-order valence-corrected chi connectivity index (χ0v) is 11.8. The third kappa shape index (κ3) is 4.82. The SMILES string of the molecule is CC(CO)CCCNC(=O)C1CC(C)CC1C(=O)O. The van der Waals surface area contributed by atoms with Crippen LogP contribution in [0.5, 0.6) is 0 Å². The van der Waals surface area contributed by atoms with E-state index in [9.17, 15) is 9.59 Å². The van der Waals surface area contributed by atoms with E-state index in [1.165, 1.54) is 0 Å². The molecule has 5 heteroatoms. The molecule has 0 aromatic rings. The number of nitrogens with one attached hydrogen (secondary N) is 1. The van der Waals surface area contributed by atoms with E-state index in [1.807, 2.05) is 13.8 Å². The lowest BCUT2D eigenvalue weighted by molar-refractivity contribution is -0.146. The lowest BCUT2D eigenvalue weighted by Crippen LogP contribution is -2.35. The highest BCUT2D eigenvalue weighted by Gasteiger charge is 2.40. The van der Waals surface area contributed by atoms with Crippen LogP contribution >= 0.6 is 0 Å². The van der Waals surface area contributed by atoms with Gasteiger partial charge in [-0.3, -0.25) is 9.59 Å². The summed E-state index contributed by atoms with van der Waals surface area (Å²) in [6.07, 6.45) is 2.93. The standard InChI is InChI=1S/C14H25NO4/c1-9(8-16)4-3-5-15-13(17)11-6-10(2)7-12(11)14(18)19/h9-12,16H,3-8H2,1-2H3,(H,15,17)(H,18,19). The fourth-order valence-electron chi connectivity index (χ4n) is 2.74. The smallest absolute Gasteiger partial charge is 0.307 e. The molecular weight excluding hydrogens is 246 g/mol. The zero-order valence-electron chi connectivity index (χ0n) is 11.8. The second-order valence-corrected chi connectivity index (χ2v) is 5.85. The normalized spacial score (nSPS) is 28.1. The number of amides is 1. The van der Waals surface area contributed by atoms with Crippen molar-refractivity contribution in [3.63, 3.8) is 0 Å². The molecule has 0 heterocycles. The van der Waals surface area contributed by atoms with Crippen molar-refractivity contribution in [2.75, 3.05) is 13.2 Å². The van der Waals surface area contributed by atoms with Crippen LogP contribution in [0.1, 0.15) is 39.5 Å². The van der Waals surface area contributed by atoms with Gasteiger partial charge in [0, 0.05) is 13.2 Å². The Balaban J connectivity index is 2.34. The van der Waals surface area contributed by atoms with E-state index < -0.39 is 11.9 Å². The number of carbonyl (C=O) groups excluding carboxylic acids is 1. The van der Waals surface area contributed by atoms with Gasteiger partial charge >= 0.3 is 5.97 Å². The van der Waals surface area contributed by atoms with E-state index in [0.717, 1.165) is 12.8 Å². The minimum absolute atomic E-state index is 0.131. The summed E-state index contributed by atoms with van der Waals surface area (Å²) in [5.74, 6) is -1.37. The average Bonchev–Trinajstić information content (AvgIpc) is 2.76. The van der Waals surface area contributed by atoms with Crippen LogP contribution in [0.25, 0.3) is 0 Å². The van der Waals surface area contributed by atoms with E-state index in [4.69, 9.17) is 10.2 Å². The zero-order chi connectivity index (χ0) is 14.4. The second-order valence-electron chi connectivity index (χ2n) is 5.85. The van der Waals surface area contributed by atoms with Gasteiger partial charge in [0.1, 0.15) is 0 Å². The number of hydrogen-bond donors (Lipinski definition) is 3. The molecule has 4 unspecified atom stereocenters. The molecule has 0 saturated heterocycles. The molecule has 1 amide bonds. The summed E-state index contributed by atoms with van der Waals surface area (Å²) < 4.78 is 0. The van der Waals surface area contributed by atoms with E-state index in [2.05, 4.69) is 5.32 Å². The van der Waals surface area contributed by atoms with Crippen LogP contribution in [-0.4, -0.2) is 35.2 Å². The molecule has 0 bridgehead atoms. The van der Waals surface area contributed by atoms with Gasteiger partial charge in [0.05, 0.1) is 11.8 Å². The first kappa shape index (κ1) is 16.0. The number of carboxylic acid groups (broad SMARTS) is 1. The van der Waals surface area contributed by atoms with Crippen molar-refractivity contribution in [3.8, 4) is 0 Å². The van der Waals surface area contributed by atoms with Gasteiger partial charge in [-0.1, -0.05) is 13.8 Å². The first-order chi connectivity index (χ1) is 8.95. The number of aliphatic hydroxyl groups excluding tert-OH is 1. The Kier molecular flexibility index (Phi) is 6.28. The molecule has 1 rings (SSSR count).